The molecule has 0 heterocycles. The Labute approximate surface area is 742 Å². The molecule has 0 N–H and O–H groups in total. The highest BCUT2D eigenvalue weighted by atomic mass is 14.6. The van der Waals surface area contributed by atoms with Crippen LogP contribution in [0.15, 0.2) is 243 Å². The van der Waals surface area contributed by atoms with Gasteiger partial charge in [0.1, 0.15) is 0 Å². The molecule has 12 aromatic rings. The van der Waals surface area contributed by atoms with E-state index in [1.165, 1.54) is 281 Å². The fraction of sp³-hybridized carbons (Fsp3) is 0.415. The number of rotatable bonds is 32. The SMILES string of the molecule is CCC1(CC2(CC)c3cc(-c4ccc5c(c4)-c4ccccc4C5(CCC(C)C)CCC(C)C)ccc3-c3ccc(-c4ccc5c(c4)-c4ccccc4C5(CCC(C)C)CCC(C)C)cc32)c2cc(-c3ccc4c(c3)-c3ccccc3C4(CCC(C)C)CCC(C)C)ccc2-c2ccc(-c3ccc4c(c3)-c3ccccc3C4(CCC(C)C)CCC(C)C)cc21. The van der Waals surface area contributed by atoms with Crippen molar-refractivity contribution in [3.05, 3.63) is 309 Å². The highest BCUT2D eigenvalue weighted by molar-refractivity contribution is 5.94. The third kappa shape index (κ3) is 14.3. The van der Waals surface area contributed by atoms with Crippen LogP contribution in [-0.4, -0.2) is 0 Å². The summed E-state index contributed by atoms with van der Waals surface area (Å²) in [4.78, 5) is 0. The van der Waals surface area contributed by atoms with Gasteiger partial charge in [0.05, 0.1) is 0 Å². The molecule has 0 nitrogen and oxygen atoms in total. The predicted molar refractivity (Wildman–Crippen MR) is 530 cm³/mol. The van der Waals surface area contributed by atoms with Crippen molar-refractivity contribution >= 4 is 0 Å². The molecule has 0 amide bonds. The van der Waals surface area contributed by atoms with Crippen molar-refractivity contribution in [2.45, 2.75) is 279 Å². The van der Waals surface area contributed by atoms with Crippen molar-refractivity contribution in [3.63, 3.8) is 0 Å². The monoisotopic (exact) mass is 1620 g/mol. The van der Waals surface area contributed by atoms with E-state index in [-0.39, 0.29) is 21.7 Å². The summed E-state index contributed by atoms with van der Waals surface area (Å²) in [6.07, 6.45) is 21.8. The Hall–Kier alpha value is -9.36. The van der Waals surface area contributed by atoms with Gasteiger partial charge in [0.25, 0.3) is 0 Å². The Morgan fingerprint density at radius 2 is 0.325 bits per heavy atom. The van der Waals surface area contributed by atoms with Crippen LogP contribution >= 0.6 is 0 Å². The van der Waals surface area contributed by atoms with Crippen LogP contribution in [0.1, 0.15) is 313 Å². The Bertz CT molecular complexity index is 5190. The number of benzene rings is 12. The second-order valence-corrected chi connectivity index (χ2v) is 43.1. The van der Waals surface area contributed by atoms with Gasteiger partial charge in [0, 0.05) is 32.5 Å². The summed E-state index contributed by atoms with van der Waals surface area (Å²) in [5, 5.41) is 0. The van der Waals surface area contributed by atoms with Crippen LogP contribution in [0.5, 0.6) is 0 Å². The van der Waals surface area contributed by atoms with Crippen LogP contribution in [0.4, 0.5) is 0 Å². The molecule has 6 aliphatic carbocycles. The highest BCUT2D eigenvalue weighted by Crippen LogP contribution is 2.66. The van der Waals surface area contributed by atoms with E-state index in [2.05, 4.69) is 367 Å². The lowest BCUT2D eigenvalue weighted by atomic mass is 9.60. The van der Waals surface area contributed by atoms with E-state index in [9.17, 15) is 0 Å². The maximum absolute atomic E-state index is 2.73. The van der Waals surface area contributed by atoms with Crippen LogP contribution in [0.2, 0.25) is 0 Å². The zero-order chi connectivity index (χ0) is 85.8. The van der Waals surface area contributed by atoms with E-state index < -0.39 is 10.8 Å². The van der Waals surface area contributed by atoms with Gasteiger partial charge in [-0.25, -0.2) is 0 Å². The van der Waals surface area contributed by atoms with Crippen molar-refractivity contribution in [1.82, 2.24) is 0 Å². The van der Waals surface area contributed by atoms with Gasteiger partial charge >= 0.3 is 0 Å². The first kappa shape index (κ1) is 84.5. The third-order valence-electron chi connectivity index (χ3n) is 32.1. The summed E-state index contributed by atoms with van der Waals surface area (Å²) in [6.45, 7) is 43.9. The zero-order valence-electron chi connectivity index (χ0n) is 78.1. The van der Waals surface area contributed by atoms with Crippen LogP contribution in [-0.2, 0) is 32.5 Å². The van der Waals surface area contributed by atoms with Gasteiger partial charge in [-0.3, -0.25) is 0 Å². The number of hydrogen-bond acceptors (Lipinski definition) is 0. The van der Waals surface area contributed by atoms with Crippen molar-refractivity contribution in [2.24, 2.45) is 47.3 Å². The van der Waals surface area contributed by atoms with Crippen molar-refractivity contribution in [1.29, 1.82) is 0 Å². The minimum Gasteiger partial charge on any atom is -0.0642 e. The standard InChI is InChI=1S/C123H140/c1-19-118(114-73-90(86-41-49-110-102(69-86)94-29-21-25-33-106(94)120(110,61-53-78(3)4)62-54-79(5)6)37-45-98(114)99-46-38-91(74-115(99)118)87-42-50-111-103(70-87)95-30-22-26-34-107(95)121(111,63-55-80(7)8)64-56-81(9)10)77-119(20-2)116-75-92(88-43-51-112-104(71-88)96-31-23-27-35-108(96)122(112,65-57-82(11)12)66-58-83(13)14)39-47-100(116)101-48-40-93(76-117(101)119)89-44-52-113-105(72-89)97-32-24-28-36-109(97)123(113,67-59-84(15)16)68-60-85(17)18/h21-52,69-76,78-85H,19-20,53-68,77H2,1-18H3. The van der Waals surface area contributed by atoms with E-state index in [1.807, 2.05) is 0 Å². The first-order valence-electron chi connectivity index (χ1n) is 48.9. The number of hydrogen-bond donors (Lipinski definition) is 0. The van der Waals surface area contributed by atoms with E-state index in [0.29, 0.717) is 47.3 Å². The van der Waals surface area contributed by atoms with Gasteiger partial charge in [0.2, 0.25) is 0 Å². The quantitative estimate of drug-likeness (QED) is 0.0394. The van der Waals surface area contributed by atoms with E-state index in [1.54, 1.807) is 0 Å². The molecule has 123 heavy (non-hydrogen) atoms. The summed E-state index contributed by atoms with van der Waals surface area (Å²) in [7, 11) is 0. The molecule has 12 aromatic carbocycles. The molecule has 632 valence electrons. The summed E-state index contributed by atoms with van der Waals surface area (Å²) in [5.74, 6) is 5.00. The van der Waals surface area contributed by atoms with Gasteiger partial charge in [-0.15, -0.1) is 0 Å². The van der Waals surface area contributed by atoms with Gasteiger partial charge in [-0.1, -0.05) is 319 Å². The molecule has 6 aliphatic rings. The molecule has 0 saturated heterocycles. The molecule has 18 rings (SSSR count). The minimum absolute atomic E-state index is 0.0149. The second-order valence-electron chi connectivity index (χ2n) is 43.1. The molecule has 0 unspecified atom stereocenters. The first-order valence-corrected chi connectivity index (χ1v) is 48.9. The Morgan fingerprint density at radius 3 is 0.512 bits per heavy atom. The molecule has 0 bridgehead atoms. The average molecular weight is 1620 g/mol. The van der Waals surface area contributed by atoms with Gasteiger partial charge in [0.15, 0.2) is 0 Å². The minimum atomic E-state index is -0.435. The van der Waals surface area contributed by atoms with Crippen molar-refractivity contribution < 1.29 is 0 Å². The summed E-state index contributed by atoms with van der Waals surface area (Å²) in [6, 6.07) is 101. The smallest absolute Gasteiger partial charge is 0.0224 e. The molecule has 0 aromatic heterocycles. The normalized spacial score (nSPS) is 16.0. The lowest BCUT2D eigenvalue weighted by Crippen LogP contribution is -2.37. The molecule has 0 saturated carbocycles. The predicted octanol–water partition coefficient (Wildman–Crippen LogP) is 35.4. The fourth-order valence-corrected chi connectivity index (χ4v) is 25.1. The lowest BCUT2D eigenvalue weighted by molar-refractivity contribution is 0.342. The van der Waals surface area contributed by atoms with Crippen LogP contribution in [0.25, 0.3) is 111 Å². The van der Waals surface area contributed by atoms with Gasteiger partial charge in [-0.2, -0.15) is 0 Å². The fourth-order valence-electron chi connectivity index (χ4n) is 25.1. The maximum atomic E-state index is 2.73. The summed E-state index contributed by atoms with van der Waals surface area (Å²) >= 11 is 0. The van der Waals surface area contributed by atoms with Crippen LogP contribution in [0.3, 0.4) is 0 Å². The first-order chi connectivity index (χ1) is 59.3. The molecular formula is C123H140. The molecule has 0 fully saturated rings. The Morgan fingerprint density at radius 1 is 0.163 bits per heavy atom. The lowest BCUT2D eigenvalue weighted by Gasteiger charge is -2.42. The summed E-state index contributed by atoms with van der Waals surface area (Å²) < 4.78 is 0. The highest BCUT2D eigenvalue weighted by Gasteiger charge is 2.54. The Balaban J connectivity index is 0.848. The molecular weight excluding hydrogens is 1480 g/mol. The number of fused-ring (bicyclic) bond motifs is 18. The molecule has 0 aliphatic heterocycles. The second kappa shape index (κ2) is 33.2. The van der Waals surface area contributed by atoms with E-state index >= 15 is 0 Å². The van der Waals surface area contributed by atoms with Gasteiger partial charge < -0.3 is 0 Å². The van der Waals surface area contributed by atoms with Gasteiger partial charge in [-0.05, 0) is 396 Å². The molecule has 0 radical (unpaired) electrons. The average Bonchev–Trinajstić information content (AvgIpc) is 1.57. The third-order valence-corrected chi connectivity index (χ3v) is 32.1. The maximum Gasteiger partial charge on any atom is 0.0224 e. The molecule has 0 atom stereocenters. The van der Waals surface area contributed by atoms with E-state index in [4.69, 9.17) is 0 Å². The van der Waals surface area contributed by atoms with Crippen molar-refractivity contribution in [3.8, 4) is 111 Å². The largest absolute Gasteiger partial charge is 0.0642 e. The van der Waals surface area contributed by atoms with Crippen LogP contribution in [0, 0.1) is 47.3 Å². The molecule has 0 heteroatoms. The topological polar surface area (TPSA) is 0 Å². The van der Waals surface area contributed by atoms with Crippen LogP contribution < -0.4 is 0 Å². The zero-order valence-corrected chi connectivity index (χ0v) is 78.1. The van der Waals surface area contributed by atoms with E-state index in [0.717, 1.165) is 19.3 Å². The van der Waals surface area contributed by atoms with Crippen molar-refractivity contribution in [2.75, 3.05) is 0 Å². The Kier molecular flexibility index (Phi) is 22.8. The summed E-state index contributed by atoms with van der Waals surface area (Å²) in [5.41, 5.74) is 44.8. The molecule has 0 spiro atoms.